The molecule has 23 heavy (non-hydrogen) atoms. The Bertz CT molecular complexity index is 737. The molecule has 1 heterocycles. The molecule has 0 aliphatic rings. The molecule has 0 atom stereocenters. The van der Waals surface area contributed by atoms with E-state index < -0.39 is 5.97 Å². The van der Waals surface area contributed by atoms with Crippen molar-refractivity contribution in [3.63, 3.8) is 0 Å². The van der Waals surface area contributed by atoms with Crippen molar-refractivity contribution in [2.24, 2.45) is 0 Å². The van der Waals surface area contributed by atoms with E-state index in [0.29, 0.717) is 34.1 Å². The number of nitrogens with one attached hydrogen (secondary N) is 2. The standard InChI is InChI=1S/C17H19ClN2O3/c1-4-23-17(22)15-10(2)14(11(3)20-15)16(21)19-9-12-6-5-7-13(18)8-12/h5-8,20H,4,9H2,1-3H3,(H,19,21). The van der Waals surface area contributed by atoms with E-state index in [1.807, 2.05) is 12.1 Å². The number of aromatic nitrogens is 1. The second kappa shape index (κ2) is 7.33. The number of aryl methyl sites for hydroxylation is 1. The number of ether oxygens (including phenoxy) is 1. The Labute approximate surface area is 140 Å². The summed E-state index contributed by atoms with van der Waals surface area (Å²) in [5.74, 6) is -0.700. The van der Waals surface area contributed by atoms with E-state index in [4.69, 9.17) is 16.3 Å². The van der Waals surface area contributed by atoms with Gasteiger partial charge in [0.05, 0.1) is 12.2 Å². The molecule has 5 nitrogen and oxygen atoms in total. The van der Waals surface area contributed by atoms with Crippen molar-refractivity contribution < 1.29 is 14.3 Å². The maximum Gasteiger partial charge on any atom is 0.355 e. The molecule has 2 aromatic rings. The van der Waals surface area contributed by atoms with Crippen molar-refractivity contribution in [3.05, 3.63) is 57.4 Å². The first-order valence-electron chi connectivity index (χ1n) is 7.33. The second-order valence-corrected chi connectivity index (χ2v) is 5.59. The molecule has 0 radical (unpaired) electrons. The minimum Gasteiger partial charge on any atom is -0.461 e. The monoisotopic (exact) mass is 334 g/mol. The summed E-state index contributed by atoms with van der Waals surface area (Å²) in [4.78, 5) is 27.2. The largest absolute Gasteiger partial charge is 0.461 e. The molecule has 1 aromatic heterocycles. The van der Waals surface area contributed by atoms with Crippen LogP contribution in [0.15, 0.2) is 24.3 Å². The Morgan fingerprint density at radius 1 is 1.30 bits per heavy atom. The lowest BCUT2D eigenvalue weighted by atomic mass is 10.1. The number of carbonyl (C=O) groups excluding carboxylic acids is 2. The zero-order valence-electron chi connectivity index (χ0n) is 13.3. The summed E-state index contributed by atoms with van der Waals surface area (Å²) >= 11 is 5.93. The van der Waals surface area contributed by atoms with Crippen molar-refractivity contribution in [2.75, 3.05) is 6.61 Å². The van der Waals surface area contributed by atoms with Crippen LogP contribution in [-0.4, -0.2) is 23.5 Å². The smallest absolute Gasteiger partial charge is 0.355 e. The van der Waals surface area contributed by atoms with Crippen LogP contribution in [0.3, 0.4) is 0 Å². The molecular weight excluding hydrogens is 316 g/mol. The molecule has 0 aliphatic heterocycles. The average Bonchev–Trinajstić information content (AvgIpc) is 2.80. The van der Waals surface area contributed by atoms with E-state index in [1.165, 1.54) is 0 Å². The number of halogens is 1. The lowest BCUT2D eigenvalue weighted by Crippen LogP contribution is -2.24. The van der Waals surface area contributed by atoms with Gasteiger partial charge in [0.15, 0.2) is 0 Å². The van der Waals surface area contributed by atoms with Crippen LogP contribution in [-0.2, 0) is 11.3 Å². The fourth-order valence-electron chi connectivity index (χ4n) is 2.42. The van der Waals surface area contributed by atoms with E-state index >= 15 is 0 Å². The average molecular weight is 335 g/mol. The van der Waals surface area contributed by atoms with Crippen LogP contribution in [0.5, 0.6) is 0 Å². The van der Waals surface area contributed by atoms with Crippen molar-refractivity contribution in [1.82, 2.24) is 10.3 Å². The Morgan fingerprint density at radius 2 is 2.04 bits per heavy atom. The highest BCUT2D eigenvalue weighted by Gasteiger charge is 2.22. The van der Waals surface area contributed by atoms with Gasteiger partial charge in [-0.3, -0.25) is 4.79 Å². The first kappa shape index (κ1) is 17.1. The molecule has 1 aromatic carbocycles. The van der Waals surface area contributed by atoms with E-state index in [1.54, 1.807) is 32.9 Å². The molecule has 6 heteroatoms. The van der Waals surface area contributed by atoms with Gasteiger partial charge in [0.1, 0.15) is 5.69 Å². The highest BCUT2D eigenvalue weighted by atomic mass is 35.5. The van der Waals surface area contributed by atoms with Crippen molar-refractivity contribution in [1.29, 1.82) is 0 Å². The molecule has 2 rings (SSSR count). The molecule has 2 N–H and O–H groups in total. The number of benzene rings is 1. The number of carbonyl (C=O) groups is 2. The van der Waals surface area contributed by atoms with Crippen molar-refractivity contribution >= 4 is 23.5 Å². The predicted octanol–water partition coefficient (Wildman–Crippen LogP) is 3.39. The molecule has 0 aliphatic carbocycles. The first-order chi connectivity index (χ1) is 10.9. The SMILES string of the molecule is CCOC(=O)c1[nH]c(C)c(C(=O)NCc2cccc(Cl)c2)c1C. The molecule has 0 saturated heterocycles. The third kappa shape index (κ3) is 3.93. The summed E-state index contributed by atoms with van der Waals surface area (Å²) in [6.45, 7) is 5.86. The number of rotatable bonds is 5. The van der Waals surface area contributed by atoms with Crippen LogP contribution in [0, 0.1) is 13.8 Å². The normalized spacial score (nSPS) is 10.4. The Morgan fingerprint density at radius 3 is 2.70 bits per heavy atom. The molecule has 1 amide bonds. The zero-order valence-corrected chi connectivity index (χ0v) is 14.1. The topological polar surface area (TPSA) is 71.2 Å². The Kier molecular flexibility index (Phi) is 5.45. The van der Waals surface area contributed by atoms with Gasteiger partial charge >= 0.3 is 5.97 Å². The second-order valence-electron chi connectivity index (χ2n) is 5.16. The highest BCUT2D eigenvalue weighted by Crippen LogP contribution is 2.19. The van der Waals surface area contributed by atoms with Gasteiger partial charge in [0, 0.05) is 17.3 Å². The molecular formula is C17H19ClN2O3. The first-order valence-corrected chi connectivity index (χ1v) is 7.70. The summed E-state index contributed by atoms with van der Waals surface area (Å²) in [7, 11) is 0. The number of amides is 1. The Hall–Kier alpha value is -2.27. The van der Waals surface area contributed by atoms with E-state index in [0.717, 1.165) is 5.56 Å². The van der Waals surface area contributed by atoms with Gasteiger partial charge in [-0.05, 0) is 44.0 Å². The summed E-state index contributed by atoms with van der Waals surface area (Å²) in [6, 6.07) is 7.28. The summed E-state index contributed by atoms with van der Waals surface area (Å²) in [6.07, 6.45) is 0. The van der Waals surface area contributed by atoms with Gasteiger partial charge in [0.2, 0.25) is 0 Å². The summed E-state index contributed by atoms with van der Waals surface area (Å²) in [5.41, 5.74) is 2.91. The number of esters is 1. The fourth-order valence-corrected chi connectivity index (χ4v) is 2.63. The zero-order chi connectivity index (χ0) is 17.0. The van der Waals surface area contributed by atoms with Crippen LogP contribution in [0.4, 0.5) is 0 Å². The van der Waals surface area contributed by atoms with Gasteiger partial charge in [0.25, 0.3) is 5.91 Å². The summed E-state index contributed by atoms with van der Waals surface area (Å²) < 4.78 is 4.98. The van der Waals surface area contributed by atoms with Crippen LogP contribution in [0.25, 0.3) is 0 Å². The van der Waals surface area contributed by atoms with E-state index in [-0.39, 0.29) is 12.5 Å². The molecule has 0 fully saturated rings. The fraction of sp³-hybridized carbons (Fsp3) is 0.294. The predicted molar refractivity (Wildman–Crippen MR) is 88.8 cm³/mol. The van der Waals surface area contributed by atoms with Gasteiger partial charge in [-0.15, -0.1) is 0 Å². The lowest BCUT2D eigenvalue weighted by molar-refractivity contribution is 0.0519. The number of H-pyrrole nitrogens is 1. The van der Waals surface area contributed by atoms with Gasteiger partial charge in [-0.1, -0.05) is 23.7 Å². The van der Waals surface area contributed by atoms with E-state index in [9.17, 15) is 9.59 Å². The Balaban J connectivity index is 2.15. The van der Waals surface area contributed by atoms with Gasteiger partial charge < -0.3 is 15.0 Å². The molecule has 0 saturated carbocycles. The minimum absolute atomic E-state index is 0.244. The van der Waals surface area contributed by atoms with Crippen molar-refractivity contribution in [2.45, 2.75) is 27.3 Å². The van der Waals surface area contributed by atoms with Gasteiger partial charge in [-0.25, -0.2) is 4.79 Å². The van der Waals surface area contributed by atoms with Crippen LogP contribution in [0.2, 0.25) is 5.02 Å². The molecule has 0 spiro atoms. The highest BCUT2D eigenvalue weighted by molar-refractivity contribution is 6.30. The van der Waals surface area contributed by atoms with Crippen LogP contribution >= 0.6 is 11.6 Å². The molecule has 0 unspecified atom stereocenters. The summed E-state index contributed by atoms with van der Waals surface area (Å²) in [5, 5.41) is 3.46. The molecule has 0 bridgehead atoms. The number of hydrogen-bond acceptors (Lipinski definition) is 3. The third-order valence-corrected chi connectivity index (χ3v) is 3.72. The number of hydrogen-bond donors (Lipinski definition) is 2. The molecule has 122 valence electrons. The maximum atomic E-state index is 12.4. The van der Waals surface area contributed by atoms with Crippen LogP contribution < -0.4 is 5.32 Å². The number of aromatic amines is 1. The van der Waals surface area contributed by atoms with Gasteiger partial charge in [-0.2, -0.15) is 0 Å². The van der Waals surface area contributed by atoms with Crippen molar-refractivity contribution in [3.8, 4) is 0 Å². The quantitative estimate of drug-likeness (QED) is 0.823. The minimum atomic E-state index is -0.456. The maximum absolute atomic E-state index is 12.4. The third-order valence-electron chi connectivity index (χ3n) is 3.49. The van der Waals surface area contributed by atoms with E-state index in [2.05, 4.69) is 10.3 Å². The van der Waals surface area contributed by atoms with Crippen LogP contribution in [0.1, 0.15) is 44.6 Å². The lowest BCUT2D eigenvalue weighted by Gasteiger charge is -2.07.